The van der Waals surface area contributed by atoms with Gasteiger partial charge in [0.05, 0.1) is 0 Å². The van der Waals surface area contributed by atoms with Crippen LogP contribution in [-0.4, -0.2) is 25.9 Å². The highest BCUT2D eigenvalue weighted by atomic mass is 32.3. The second kappa shape index (κ2) is 7.04. The second-order valence-electron chi connectivity index (χ2n) is 0.992. The fourth-order valence-electron chi connectivity index (χ4n) is 0.0702. The zero-order valence-electron chi connectivity index (χ0n) is 5.98. The molecule has 0 spiro atoms. The molecule has 0 amide bonds. The highest BCUT2D eigenvalue weighted by Gasteiger charge is 2.13. The van der Waals surface area contributed by atoms with E-state index in [1.165, 1.54) is 0 Å². The van der Waals surface area contributed by atoms with Crippen molar-refractivity contribution in [2.45, 2.75) is 0 Å². The van der Waals surface area contributed by atoms with Gasteiger partial charge in [-0.05, 0) is 0 Å². The zero-order chi connectivity index (χ0) is 8.41. The standard InChI is InChI=1S/FH.2H3N.H2O8S2/c;;;1-9(2,3)7-8-10(4,5)6/h1H;2*1H3;(H,1,2,3)(H,4,5,6). The number of rotatable bonds is 3. The van der Waals surface area contributed by atoms with Crippen LogP contribution in [0, 0.1) is 0 Å². The van der Waals surface area contributed by atoms with Crippen LogP contribution in [0.1, 0.15) is 0 Å². The molecule has 0 radical (unpaired) electrons. The Labute approximate surface area is 73.2 Å². The summed E-state index contributed by atoms with van der Waals surface area (Å²) in [6.45, 7) is 0. The van der Waals surface area contributed by atoms with Gasteiger partial charge >= 0.3 is 20.8 Å². The molecule has 0 saturated heterocycles. The predicted octanol–water partition coefficient (Wildman–Crippen LogP) is -0.983. The van der Waals surface area contributed by atoms with Crippen molar-refractivity contribution in [3.8, 4) is 0 Å². The SMILES string of the molecule is F.N.N.O=S(=O)(O)OOS(=O)(=O)O. The lowest BCUT2D eigenvalue weighted by Gasteiger charge is -1.92. The number of hydrogen-bond donors (Lipinski definition) is 4. The van der Waals surface area contributed by atoms with Crippen LogP contribution >= 0.6 is 0 Å². The lowest BCUT2D eigenvalue weighted by molar-refractivity contribution is -0.105. The van der Waals surface area contributed by atoms with E-state index in [0.717, 1.165) is 0 Å². The lowest BCUT2D eigenvalue weighted by Crippen LogP contribution is -2.10. The first-order valence-electron chi connectivity index (χ1n) is 1.53. The molecule has 0 aliphatic heterocycles. The molecule has 0 heterocycles. The molecule has 0 aromatic heterocycles. The molecule has 86 valence electrons. The van der Waals surface area contributed by atoms with Crippen LogP contribution in [0.5, 0.6) is 0 Å². The summed E-state index contributed by atoms with van der Waals surface area (Å²) >= 11 is 0. The fourth-order valence-corrected chi connectivity index (χ4v) is 0.632. The van der Waals surface area contributed by atoms with Crippen molar-refractivity contribution in [3.63, 3.8) is 0 Å². The summed E-state index contributed by atoms with van der Waals surface area (Å²) in [5.74, 6) is 0. The molecule has 10 nitrogen and oxygen atoms in total. The Hall–Kier alpha value is -0.410. The van der Waals surface area contributed by atoms with Crippen molar-refractivity contribution in [1.29, 1.82) is 0 Å². The van der Waals surface area contributed by atoms with Gasteiger partial charge in [0.25, 0.3) is 0 Å². The Morgan fingerprint density at radius 1 is 0.769 bits per heavy atom. The normalized spacial score (nSPS) is 10.3. The molecular weight excluding hydrogens is 239 g/mol. The Balaban J connectivity index is -0.000000135. The molecular formula is H9FN2O8S2. The second-order valence-corrected chi connectivity index (χ2v) is 2.97. The Kier molecular flexibility index (Phi) is 12.4. The maximum absolute atomic E-state index is 9.51. The van der Waals surface area contributed by atoms with Crippen molar-refractivity contribution in [2.24, 2.45) is 0 Å². The lowest BCUT2D eigenvalue weighted by atomic mass is 14.0. The molecule has 8 N–H and O–H groups in total. The molecule has 0 bridgehead atoms. The molecule has 13 heavy (non-hydrogen) atoms. The van der Waals surface area contributed by atoms with Crippen LogP contribution in [0.15, 0.2) is 0 Å². The molecule has 0 aromatic rings. The van der Waals surface area contributed by atoms with E-state index < -0.39 is 20.8 Å². The maximum Gasteiger partial charge on any atom is 0.425 e. The van der Waals surface area contributed by atoms with E-state index in [2.05, 4.69) is 8.67 Å². The van der Waals surface area contributed by atoms with Crippen LogP contribution < -0.4 is 12.3 Å². The molecule has 0 atom stereocenters. The molecule has 0 aromatic carbocycles. The minimum absolute atomic E-state index is 0. The van der Waals surface area contributed by atoms with Gasteiger partial charge in [0, 0.05) is 0 Å². The summed E-state index contributed by atoms with van der Waals surface area (Å²) in [4.78, 5) is 0. The van der Waals surface area contributed by atoms with Gasteiger partial charge in [-0.3, -0.25) is 13.8 Å². The Morgan fingerprint density at radius 2 is 0.923 bits per heavy atom. The number of hydrogen-bond acceptors (Lipinski definition) is 8. The molecule has 13 heteroatoms. The van der Waals surface area contributed by atoms with E-state index in [-0.39, 0.29) is 17.0 Å². The Morgan fingerprint density at radius 3 is 1.00 bits per heavy atom. The molecule has 0 saturated carbocycles. The van der Waals surface area contributed by atoms with Crippen LogP contribution in [0.25, 0.3) is 0 Å². The van der Waals surface area contributed by atoms with Crippen LogP contribution in [0.3, 0.4) is 0 Å². The number of halogens is 1. The third kappa shape index (κ3) is 24.5. The first-order valence-corrected chi connectivity index (χ1v) is 4.26. The van der Waals surface area contributed by atoms with Crippen molar-refractivity contribution >= 4 is 20.8 Å². The van der Waals surface area contributed by atoms with Gasteiger partial charge in [-0.25, -0.2) is 0 Å². The summed E-state index contributed by atoms with van der Waals surface area (Å²) in [6, 6.07) is 0. The van der Waals surface area contributed by atoms with Gasteiger partial charge in [-0.2, -0.15) is 16.8 Å². The highest BCUT2D eigenvalue weighted by molar-refractivity contribution is 7.83. The first kappa shape index (κ1) is 22.9. The summed E-state index contributed by atoms with van der Waals surface area (Å²) in [5, 5.41) is 0. The summed E-state index contributed by atoms with van der Waals surface area (Å²) in [5.41, 5.74) is 0. The fraction of sp³-hybridized carbons (Fsp3) is 0. The molecule has 0 unspecified atom stereocenters. The van der Waals surface area contributed by atoms with Crippen LogP contribution in [0.4, 0.5) is 4.70 Å². The molecule has 0 aliphatic rings. The quantitative estimate of drug-likeness (QED) is 0.273. The molecule has 0 fully saturated rings. The van der Waals surface area contributed by atoms with Crippen molar-refractivity contribution < 1.29 is 39.3 Å². The smallest absolute Gasteiger partial charge is 0.344 e. The topological polar surface area (TPSA) is 197 Å². The zero-order valence-corrected chi connectivity index (χ0v) is 7.62. The predicted molar refractivity (Wildman–Crippen MR) is 37.8 cm³/mol. The summed E-state index contributed by atoms with van der Waals surface area (Å²) < 4.78 is 58.9. The van der Waals surface area contributed by atoms with E-state index in [1.54, 1.807) is 0 Å². The average molecular weight is 248 g/mol. The minimum atomic E-state index is -5.02. The van der Waals surface area contributed by atoms with Crippen LogP contribution in [0.2, 0.25) is 0 Å². The first-order chi connectivity index (χ1) is 4.21. The van der Waals surface area contributed by atoms with Crippen molar-refractivity contribution in [3.05, 3.63) is 0 Å². The summed E-state index contributed by atoms with van der Waals surface area (Å²) in [7, 11) is -10.0. The van der Waals surface area contributed by atoms with E-state index in [9.17, 15) is 16.8 Å². The molecule has 0 rings (SSSR count). The highest BCUT2D eigenvalue weighted by Crippen LogP contribution is 1.92. The van der Waals surface area contributed by atoms with Crippen molar-refractivity contribution in [2.75, 3.05) is 0 Å². The molecule has 0 aliphatic carbocycles. The summed E-state index contributed by atoms with van der Waals surface area (Å²) in [6.07, 6.45) is 0. The third-order valence-electron chi connectivity index (χ3n) is 0.200. The van der Waals surface area contributed by atoms with E-state index >= 15 is 0 Å². The van der Waals surface area contributed by atoms with Crippen molar-refractivity contribution in [1.82, 2.24) is 12.3 Å². The van der Waals surface area contributed by atoms with E-state index in [1.807, 2.05) is 0 Å². The van der Waals surface area contributed by atoms with Gasteiger partial charge in [-0.1, -0.05) is 8.67 Å². The van der Waals surface area contributed by atoms with E-state index in [0.29, 0.717) is 0 Å². The maximum atomic E-state index is 9.51. The van der Waals surface area contributed by atoms with Gasteiger partial charge in [-0.15, -0.1) is 0 Å². The van der Waals surface area contributed by atoms with E-state index in [4.69, 9.17) is 9.11 Å². The minimum Gasteiger partial charge on any atom is -0.344 e. The monoisotopic (exact) mass is 248 g/mol. The Bertz CT molecular complexity index is 256. The average Bonchev–Trinajstić information content (AvgIpc) is 1.57. The van der Waals surface area contributed by atoms with Gasteiger partial charge in [0.2, 0.25) is 0 Å². The largest absolute Gasteiger partial charge is 0.425 e. The van der Waals surface area contributed by atoms with Gasteiger partial charge in [0.1, 0.15) is 0 Å². The van der Waals surface area contributed by atoms with Gasteiger partial charge < -0.3 is 12.3 Å². The third-order valence-corrected chi connectivity index (χ3v) is 0.766. The van der Waals surface area contributed by atoms with Crippen LogP contribution in [-0.2, 0) is 29.5 Å². The van der Waals surface area contributed by atoms with Gasteiger partial charge in [0.15, 0.2) is 0 Å².